The molecular weight excluding hydrogens is 226 g/mol. The Morgan fingerprint density at radius 2 is 2.17 bits per heavy atom. The molecule has 0 aliphatic rings. The van der Waals surface area contributed by atoms with Crippen molar-refractivity contribution in [2.24, 2.45) is 0 Å². The van der Waals surface area contributed by atoms with Gasteiger partial charge in [-0.3, -0.25) is 9.78 Å². The maximum absolute atomic E-state index is 11.7. The third-order valence-electron chi connectivity index (χ3n) is 2.57. The highest BCUT2D eigenvalue weighted by Gasteiger charge is 2.12. The van der Waals surface area contributed by atoms with Crippen molar-refractivity contribution in [3.63, 3.8) is 0 Å². The quantitative estimate of drug-likeness (QED) is 0.839. The first kappa shape index (κ1) is 14.6. The summed E-state index contributed by atoms with van der Waals surface area (Å²) in [5.41, 5.74) is 1.07. The van der Waals surface area contributed by atoms with Crippen LogP contribution in [0.1, 0.15) is 45.7 Å². The molecule has 0 aliphatic carbocycles. The van der Waals surface area contributed by atoms with Crippen LogP contribution in [0.5, 0.6) is 0 Å². The van der Waals surface area contributed by atoms with Crippen molar-refractivity contribution in [1.82, 2.24) is 15.6 Å². The SMILES string of the molecule is C[C@@H](NC(=O)CCNC(C)(C)C)c1cccnc1. The molecule has 1 atom stereocenters. The number of hydrogen-bond acceptors (Lipinski definition) is 3. The van der Waals surface area contributed by atoms with Crippen molar-refractivity contribution in [1.29, 1.82) is 0 Å². The zero-order chi connectivity index (χ0) is 13.6. The average Bonchev–Trinajstić information content (AvgIpc) is 2.28. The number of nitrogens with one attached hydrogen (secondary N) is 2. The van der Waals surface area contributed by atoms with Gasteiger partial charge in [-0.25, -0.2) is 0 Å². The third kappa shape index (κ3) is 5.77. The molecule has 0 unspecified atom stereocenters. The van der Waals surface area contributed by atoms with Crippen molar-refractivity contribution in [2.45, 2.75) is 45.7 Å². The molecule has 4 heteroatoms. The zero-order valence-corrected chi connectivity index (χ0v) is 11.7. The maximum atomic E-state index is 11.7. The monoisotopic (exact) mass is 249 g/mol. The first-order valence-corrected chi connectivity index (χ1v) is 6.33. The van der Waals surface area contributed by atoms with Crippen LogP contribution >= 0.6 is 0 Å². The van der Waals surface area contributed by atoms with Gasteiger partial charge in [0.25, 0.3) is 0 Å². The zero-order valence-electron chi connectivity index (χ0n) is 11.7. The maximum Gasteiger partial charge on any atom is 0.221 e. The number of nitrogens with zero attached hydrogens (tertiary/aromatic N) is 1. The molecule has 1 aromatic rings. The molecule has 100 valence electrons. The van der Waals surface area contributed by atoms with E-state index in [9.17, 15) is 4.79 Å². The second-order valence-electron chi connectivity index (χ2n) is 5.50. The molecule has 0 saturated carbocycles. The number of carbonyl (C=O) groups is 1. The molecule has 18 heavy (non-hydrogen) atoms. The first-order valence-electron chi connectivity index (χ1n) is 6.33. The Balaban J connectivity index is 2.32. The van der Waals surface area contributed by atoms with Gasteiger partial charge in [0.2, 0.25) is 5.91 Å². The average molecular weight is 249 g/mol. The summed E-state index contributed by atoms with van der Waals surface area (Å²) in [6.45, 7) is 8.91. The summed E-state index contributed by atoms with van der Waals surface area (Å²) < 4.78 is 0. The molecule has 0 radical (unpaired) electrons. The van der Waals surface area contributed by atoms with Crippen molar-refractivity contribution in [3.8, 4) is 0 Å². The van der Waals surface area contributed by atoms with Crippen LogP contribution in [0, 0.1) is 0 Å². The standard InChI is InChI=1S/C14H23N3O/c1-11(12-6-5-8-15-10-12)17-13(18)7-9-16-14(2,3)4/h5-6,8,10-11,16H,7,9H2,1-4H3,(H,17,18)/t11-/m1/s1. The highest BCUT2D eigenvalue weighted by Crippen LogP contribution is 2.09. The Kier molecular flexibility index (Phi) is 5.28. The van der Waals surface area contributed by atoms with E-state index >= 15 is 0 Å². The van der Waals surface area contributed by atoms with Crippen LogP contribution in [0.2, 0.25) is 0 Å². The van der Waals surface area contributed by atoms with E-state index in [4.69, 9.17) is 0 Å². The predicted molar refractivity (Wildman–Crippen MR) is 73.2 cm³/mol. The second-order valence-corrected chi connectivity index (χ2v) is 5.50. The van der Waals surface area contributed by atoms with E-state index in [0.29, 0.717) is 13.0 Å². The molecule has 0 spiro atoms. The fraction of sp³-hybridized carbons (Fsp3) is 0.571. The molecule has 4 nitrogen and oxygen atoms in total. The van der Waals surface area contributed by atoms with Gasteiger partial charge >= 0.3 is 0 Å². The van der Waals surface area contributed by atoms with Crippen LogP contribution in [-0.2, 0) is 4.79 Å². The summed E-state index contributed by atoms with van der Waals surface area (Å²) in [4.78, 5) is 15.8. The lowest BCUT2D eigenvalue weighted by Crippen LogP contribution is -2.38. The van der Waals surface area contributed by atoms with E-state index in [0.717, 1.165) is 5.56 Å². The normalized spacial score (nSPS) is 13.1. The highest BCUT2D eigenvalue weighted by molar-refractivity contribution is 5.76. The number of rotatable bonds is 5. The van der Waals surface area contributed by atoms with E-state index in [2.05, 4.69) is 36.4 Å². The minimum atomic E-state index is 0.000775. The van der Waals surface area contributed by atoms with E-state index in [1.165, 1.54) is 0 Å². The van der Waals surface area contributed by atoms with Crippen LogP contribution in [0.4, 0.5) is 0 Å². The lowest BCUT2D eigenvalue weighted by Gasteiger charge is -2.20. The summed E-state index contributed by atoms with van der Waals surface area (Å²) in [7, 11) is 0. The van der Waals surface area contributed by atoms with Gasteiger partial charge in [0.1, 0.15) is 0 Å². The van der Waals surface area contributed by atoms with Crippen LogP contribution in [0.15, 0.2) is 24.5 Å². The largest absolute Gasteiger partial charge is 0.349 e. The molecule has 1 amide bonds. The number of carbonyl (C=O) groups excluding carboxylic acids is 1. The van der Waals surface area contributed by atoms with Gasteiger partial charge in [-0.1, -0.05) is 6.07 Å². The Labute approximate surface area is 109 Å². The van der Waals surface area contributed by atoms with Crippen LogP contribution in [-0.4, -0.2) is 23.0 Å². The van der Waals surface area contributed by atoms with Gasteiger partial charge < -0.3 is 10.6 Å². The molecular formula is C14H23N3O. The summed E-state index contributed by atoms with van der Waals surface area (Å²) in [5, 5.41) is 6.26. The van der Waals surface area contributed by atoms with Crippen LogP contribution in [0.25, 0.3) is 0 Å². The number of amides is 1. The van der Waals surface area contributed by atoms with Crippen molar-refractivity contribution in [3.05, 3.63) is 30.1 Å². The molecule has 0 bridgehead atoms. The Bertz CT molecular complexity index is 370. The van der Waals surface area contributed by atoms with Crippen molar-refractivity contribution < 1.29 is 4.79 Å². The summed E-state index contributed by atoms with van der Waals surface area (Å²) in [6, 6.07) is 3.84. The predicted octanol–water partition coefficient (Wildman–Crippen LogP) is 2.04. The summed E-state index contributed by atoms with van der Waals surface area (Å²) >= 11 is 0. The van der Waals surface area contributed by atoms with Gasteiger partial charge in [-0.15, -0.1) is 0 Å². The third-order valence-corrected chi connectivity index (χ3v) is 2.57. The number of pyridine rings is 1. The smallest absolute Gasteiger partial charge is 0.221 e. The number of hydrogen-bond donors (Lipinski definition) is 2. The van der Waals surface area contributed by atoms with Crippen molar-refractivity contribution in [2.75, 3.05) is 6.54 Å². The van der Waals surface area contributed by atoms with Crippen LogP contribution in [0.3, 0.4) is 0 Å². The molecule has 0 saturated heterocycles. The molecule has 1 aromatic heterocycles. The molecule has 1 rings (SSSR count). The molecule has 1 heterocycles. The van der Waals surface area contributed by atoms with E-state index < -0.39 is 0 Å². The van der Waals surface area contributed by atoms with Gasteiger partial charge in [0.05, 0.1) is 6.04 Å². The summed E-state index contributed by atoms with van der Waals surface area (Å²) in [5.74, 6) is 0.0584. The highest BCUT2D eigenvalue weighted by atomic mass is 16.1. The lowest BCUT2D eigenvalue weighted by molar-refractivity contribution is -0.121. The summed E-state index contributed by atoms with van der Waals surface area (Å²) in [6.07, 6.45) is 3.99. The molecule has 2 N–H and O–H groups in total. The van der Waals surface area contributed by atoms with E-state index in [1.54, 1.807) is 12.4 Å². The molecule has 0 aromatic carbocycles. The molecule has 0 aliphatic heterocycles. The van der Waals surface area contributed by atoms with Gasteiger partial charge in [0, 0.05) is 30.9 Å². The van der Waals surface area contributed by atoms with Gasteiger partial charge in [0.15, 0.2) is 0 Å². The van der Waals surface area contributed by atoms with Crippen molar-refractivity contribution >= 4 is 5.91 Å². The number of aromatic nitrogens is 1. The van der Waals surface area contributed by atoms with E-state index in [-0.39, 0.29) is 17.5 Å². The second kappa shape index (κ2) is 6.50. The topological polar surface area (TPSA) is 54.0 Å². The Hall–Kier alpha value is -1.42. The Morgan fingerprint density at radius 1 is 1.44 bits per heavy atom. The minimum Gasteiger partial charge on any atom is -0.349 e. The van der Waals surface area contributed by atoms with E-state index in [1.807, 2.05) is 19.1 Å². The van der Waals surface area contributed by atoms with Gasteiger partial charge in [-0.2, -0.15) is 0 Å². The Morgan fingerprint density at radius 3 is 2.72 bits per heavy atom. The fourth-order valence-electron chi connectivity index (χ4n) is 1.58. The van der Waals surface area contributed by atoms with Gasteiger partial charge in [-0.05, 0) is 39.3 Å². The molecule has 0 fully saturated rings. The fourth-order valence-corrected chi connectivity index (χ4v) is 1.58. The first-order chi connectivity index (χ1) is 8.38. The lowest BCUT2D eigenvalue weighted by atomic mass is 10.1. The van der Waals surface area contributed by atoms with Crippen LogP contribution < -0.4 is 10.6 Å². The minimum absolute atomic E-state index is 0.000775.